The number of nitrogens with one attached hydrogen (secondary N) is 1. The predicted molar refractivity (Wildman–Crippen MR) is 199 cm³/mol. The van der Waals surface area contributed by atoms with Gasteiger partial charge in [0.2, 0.25) is 15.9 Å². The highest BCUT2D eigenvalue weighted by molar-refractivity contribution is 7.89. The van der Waals surface area contributed by atoms with E-state index in [1.807, 2.05) is 30.3 Å². The van der Waals surface area contributed by atoms with Crippen molar-refractivity contribution in [2.24, 2.45) is 17.0 Å². The van der Waals surface area contributed by atoms with Gasteiger partial charge >= 0.3 is 6.03 Å². The predicted octanol–water partition coefficient (Wildman–Crippen LogP) is 3.86. The van der Waals surface area contributed by atoms with Crippen LogP contribution in [0.25, 0.3) is 0 Å². The van der Waals surface area contributed by atoms with Crippen LogP contribution in [0.5, 0.6) is 0 Å². The van der Waals surface area contributed by atoms with E-state index in [-0.39, 0.29) is 43.4 Å². The van der Waals surface area contributed by atoms with Crippen LogP contribution in [0, 0.1) is 11.8 Å². The highest BCUT2D eigenvalue weighted by Crippen LogP contribution is 2.29. The third-order valence-corrected chi connectivity index (χ3v) is 12.4. The van der Waals surface area contributed by atoms with E-state index < -0.39 is 52.0 Å². The normalized spacial score (nSPS) is 17.4. The number of aromatic nitrogens is 1. The number of amides is 4. The molecule has 1 aromatic heterocycles. The third kappa shape index (κ3) is 10.1. The molecule has 2 aliphatic rings. The number of hydrogen-bond acceptors (Lipinski definition) is 11. The largest absolute Gasteiger partial charge is 0.411 e. The molecule has 14 nitrogen and oxygen atoms in total. The monoisotopic (exact) mass is 768 g/mol. The third-order valence-electron chi connectivity index (χ3n) is 9.65. The van der Waals surface area contributed by atoms with Crippen LogP contribution >= 0.6 is 11.3 Å². The quantitative estimate of drug-likeness (QED) is 0.0750. The molecule has 3 N–H and O–H groups in total. The molecule has 0 spiro atoms. The minimum Gasteiger partial charge on any atom is -0.411 e. The summed E-state index contributed by atoms with van der Waals surface area (Å²) in [5, 5.41) is 29.2. The van der Waals surface area contributed by atoms with Gasteiger partial charge in [0.25, 0.3) is 5.91 Å². The molecule has 2 aromatic carbocycles. The van der Waals surface area contributed by atoms with Crippen LogP contribution in [-0.2, 0) is 43.9 Å². The number of urea groups is 1. The number of hydrogen-bond donors (Lipinski definition) is 3. The SMILES string of the molecule is COCc1nc(CN2C(=O)CN(C(C(=O)N[C@@H](Cc3ccccc3)[C@H](O)CN(CC3CCCC3)S(=O)(=O)c3ccc(/C=N/O)cc3)C(C)C)C2=O)cs1. The number of aliphatic hydroxyl groups is 1. The fourth-order valence-corrected chi connectivity index (χ4v) is 9.25. The second-order valence-electron chi connectivity index (χ2n) is 13.9. The van der Waals surface area contributed by atoms with Crippen LogP contribution in [0.15, 0.2) is 70.0 Å². The van der Waals surface area contributed by atoms with Crippen molar-refractivity contribution in [1.29, 1.82) is 0 Å². The lowest BCUT2D eigenvalue weighted by molar-refractivity contribution is -0.129. The van der Waals surface area contributed by atoms with Crippen LogP contribution in [0.1, 0.15) is 61.4 Å². The first-order valence-corrected chi connectivity index (χ1v) is 20.1. The van der Waals surface area contributed by atoms with Gasteiger partial charge in [-0.3, -0.25) is 14.5 Å². The van der Waals surface area contributed by atoms with E-state index in [1.165, 1.54) is 51.0 Å². The van der Waals surface area contributed by atoms with Gasteiger partial charge in [0, 0.05) is 25.6 Å². The summed E-state index contributed by atoms with van der Waals surface area (Å²) in [5.74, 6) is -1.32. The van der Waals surface area contributed by atoms with E-state index >= 15 is 0 Å². The molecule has 1 aliphatic carbocycles. The van der Waals surface area contributed by atoms with Crippen molar-refractivity contribution in [2.45, 2.75) is 82.2 Å². The van der Waals surface area contributed by atoms with Gasteiger partial charge in [-0.15, -0.1) is 11.3 Å². The molecule has 4 amide bonds. The first kappa shape index (κ1) is 40.0. The minimum atomic E-state index is -4.09. The molecule has 1 saturated heterocycles. The van der Waals surface area contributed by atoms with E-state index in [4.69, 9.17) is 9.94 Å². The van der Waals surface area contributed by atoms with E-state index in [9.17, 15) is 27.9 Å². The van der Waals surface area contributed by atoms with Crippen molar-refractivity contribution in [3.05, 3.63) is 81.8 Å². The second kappa shape index (κ2) is 18.2. The number of aliphatic hydroxyl groups excluding tert-OH is 1. The smallest absolute Gasteiger partial charge is 0.328 e. The fourth-order valence-electron chi connectivity index (χ4n) is 6.96. The molecule has 1 saturated carbocycles. The zero-order valence-electron chi connectivity index (χ0n) is 30.2. The number of thiazole rings is 1. The number of nitrogens with zero attached hydrogens (tertiary/aromatic N) is 5. The highest BCUT2D eigenvalue weighted by Gasteiger charge is 2.44. The summed E-state index contributed by atoms with van der Waals surface area (Å²) >= 11 is 1.36. The van der Waals surface area contributed by atoms with Gasteiger partial charge in [0.05, 0.1) is 42.1 Å². The number of ether oxygens (including phenoxy) is 1. The zero-order chi connectivity index (χ0) is 38.1. The zero-order valence-corrected chi connectivity index (χ0v) is 31.8. The lowest BCUT2D eigenvalue weighted by atomic mass is 9.97. The molecular formula is C37H48N6O8S2. The van der Waals surface area contributed by atoms with Crippen molar-refractivity contribution in [2.75, 3.05) is 26.7 Å². The van der Waals surface area contributed by atoms with Gasteiger partial charge in [-0.25, -0.2) is 18.2 Å². The van der Waals surface area contributed by atoms with Gasteiger partial charge < -0.3 is 25.3 Å². The van der Waals surface area contributed by atoms with Crippen molar-refractivity contribution >= 4 is 45.4 Å². The number of carbonyl (C=O) groups is 3. The average Bonchev–Trinajstić information content (AvgIpc) is 3.87. The van der Waals surface area contributed by atoms with E-state index in [0.29, 0.717) is 22.9 Å². The summed E-state index contributed by atoms with van der Waals surface area (Å²) in [5.41, 5.74) is 1.85. The Bertz CT molecular complexity index is 1830. The van der Waals surface area contributed by atoms with Crippen LogP contribution in [0.2, 0.25) is 0 Å². The number of carbonyl (C=O) groups excluding carboxylic acids is 3. The number of rotatable bonds is 18. The van der Waals surface area contributed by atoms with Crippen molar-refractivity contribution in [3.63, 3.8) is 0 Å². The fraction of sp³-hybridized carbons (Fsp3) is 0.486. The van der Waals surface area contributed by atoms with Gasteiger partial charge in [0.1, 0.15) is 17.6 Å². The summed E-state index contributed by atoms with van der Waals surface area (Å²) in [7, 11) is -2.54. The molecule has 0 bridgehead atoms. The van der Waals surface area contributed by atoms with E-state index in [2.05, 4.69) is 15.5 Å². The number of benzene rings is 2. The Morgan fingerprint density at radius 2 is 1.83 bits per heavy atom. The molecular weight excluding hydrogens is 721 g/mol. The molecule has 2 heterocycles. The molecule has 2 fully saturated rings. The van der Waals surface area contributed by atoms with Crippen LogP contribution in [0.4, 0.5) is 4.79 Å². The molecule has 3 atom stereocenters. The number of imide groups is 1. The Morgan fingerprint density at radius 1 is 1.13 bits per heavy atom. The topological polar surface area (TPSA) is 182 Å². The molecule has 1 aliphatic heterocycles. The van der Waals surface area contributed by atoms with Crippen molar-refractivity contribution in [1.82, 2.24) is 24.4 Å². The molecule has 286 valence electrons. The number of methoxy groups -OCH3 is 1. The average molecular weight is 769 g/mol. The maximum absolute atomic E-state index is 14.2. The lowest BCUT2D eigenvalue weighted by Gasteiger charge is -2.34. The van der Waals surface area contributed by atoms with E-state index in [0.717, 1.165) is 36.1 Å². The lowest BCUT2D eigenvalue weighted by Crippen LogP contribution is -2.57. The Morgan fingerprint density at radius 3 is 2.47 bits per heavy atom. The number of oxime groups is 1. The Hall–Kier alpha value is -4.22. The maximum Gasteiger partial charge on any atom is 0.328 e. The minimum absolute atomic E-state index is 0.0237. The Balaban J connectivity index is 1.38. The van der Waals surface area contributed by atoms with Crippen LogP contribution in [-0.4, -0.2) is 107 Å². The van der Waals surface area contributed by atoms with Crippen LogP contribution in [0.3, 0.4) is 0 Å². The van der Waals surface area contributed by atoms with E-state index in [1.54, 1.807) is 26.3 Å². The summed E-state index contributed by atoms with van der Waals surface area (Å²) in [6.07, 6.45) is 3.75. The molecule has 5 rings (SSSR count). The summed E-state index contributed by atoms with van der Waals surface area (Å²) in [4.78, 5) is 47.8. The second-order valence-corrected chi connectivity index (χ2v) is 16.8. The molecule has 53 heavy (non-hydrogen) atoms. The van der Waals surface area contributed by atoms with Gasteiger partial charge in [-0.2, -0.15) is 4.31 Å². The molecule has 16 heteroatoms. The summed E-state index contributed by atoms with van der Waals surface area (Å²) in [6.45, 7) is 3.42. The standard InChI is InChI=1S/C37H48N6O8S2/c1-25(2)35(43-22-34(45)42(37(43)47)20-29-24-52-33(39-29)23-51-3)36(46)40-31(17-26-9-5-4-6-10-26)32(44)21-41(19-28-11-7-8-12-28)53(49,50)30-15-13-27(14-16-30)18-38-48/h4-6,9-10,13-16,18,24-25,28,31-32,35,44,48H,7-8,11-12,17,19-23H2,1-3H3,(H,40,46)/b38-18+/t31-,32+,35?/m0/s1. The van der Waals surface area contributed by atoms with Crippen LogP contribution < -0.4 is 5.32 Å². The summed E-state index contributed by atoms with van der Waals surface area (Å²) in [6, 6.07) is 12.5. The number of sulfonamides is 1. The van der Waals surface area contributed by atoms with Gasteiger partial charge in [-0.1, -0.05) is 74.3 Å². The maximum atomic E-state index is 14.2. The Kier molecular flexibility index (Phi) is 13.7. The first-order valence-electron chi connectivity index (χ1n) is 17.7. The Labute approximate surface area is 314 Å². The molecule has 1 unspecified atom stereocenters. The highest BCUT2D eigenvalue weighted by atomic mass is 32.2. The molecule has 3 aromatic rings. The first-order chi connectivity index (χ1) is 25.4. The van der Waals surface area contributed by atoms with Crippen molar-refractivity contribution in [3.8, 4) is 0 Å². The van der Waals surface area contributed by atoms with Gasteiger partial charge in [-0.05, 0) is 54.4 Å². The molecule has 0 radical (unpaired) electrons. The van der Waals surface area contributed by atoms with Crippen molar-refractivity contribution < 1.29 is 37.9 Å². The van der Waals surface area contributed by atoms with Gasteiger partial charge in [0.15, 0.2) is 0 Å². The summed E-state index contributed by atoms with van der Waals surface area (Å²) < 4.78 is 34.7.